The lowest BCUT2D eigenvalue weighted by atomic mass is 10.0. The number of carbonyl (C=O) groups excluding carboxylic acids is 3. The molecule has 3 N–H and O–H groups in total. The maximum Gasteiger partial charge on any atom is 0.354 e. The molecule has 1 saturated heterocycles. The summed E-state index contributed by atoms with van der Waals surface area (Å²) < 4.78 is 16.4. The quantitative estimate of drug-likeness (QED) is 0.388. The smallest absolute Gasteiger partial charge is 0.354 e. The van der Waals surface area contributed by atoms with E-state index in [0.717, 1.165) is 18.4 Å². The number of hydrogen-bond acceptors (Lipinski definition) is 8. The predicted octanol–water partition coefficient (Wildman–Crippen LogP) is 1.94. The van der Waals surface area contributed by atoms with Gasteiger partial charge >= 0.3 is 5.97 Å². The molecule has 2 aliphatic rings. The minimum Gasteiger partial charge on any atom is -0.493 e. The SMILES string of the molecule is CCCOc1ccc(CC(=O)NC2S[C@@H]3C(N)C(=O)N3C(C(=O)OC)=C2C)c(OCCC)c1. The summed E-state index contributed by atoms with van der Waals surface area (Å²) in [6.07, 6.45) is 1.81. The number of fused-ring (bicyclic) bond motifs is 1. The molecule has 0 saturated carbocycles. The highest BCUT2D eigenvalue weighted by atomic mass is 32.2. The number of nitrogens with one attached hydrogen (secondary N) is 1. The Bertz CT molecular complexity index is 950. The van der Waals surface area contributed by atoms with Gasteiger partial charge in [-0.2, -0.15) is 0 Å². The van der Waals surface area contributed by atoms with E-state index in [9.17, 15) is 14.4 Å². The summed E-state index contributed by atoms with van der Waals surface area (Å²) in [7, 11) is 1.25. The van der Waals surface area contributed by atoms with Crippen molar-refractivity contribution in [3.05, 3.63) is 35.0 Å². The fraction of sp³-hybridized carbons (Fsp3) is 0.522. The molecule has 3 rings (SSSR count). The van der Waals surface area contributed by atoms with Crippen LogP contribution in [0.4, 0.5) is 0 Å². The van der Waals surface area contributed by atoms with Gasteiger partial charge < -0.3 is 25.3 Å². The van der Waals surface area contributed by atoms with Crippen molar-refractivity contribution < 1.29 is 28.6 Å². The summed E-state index contributed by atoms with van der Waals surface area (Å²) in [6, 6.07) is 4.73. The highest BCUT2D eigenvalue weighted by molar-refractivity contribution is 8.00. The van der Waals surface area contributed by atoms with Crippen molar-refractivity contribution in [1.82, 2.24) is 10.2 Å². The molecule has 3 atom stereocenters. The molecular weight excluding hydrogens is 446 g/mol. The number of nitrogens with two attached hydrogens (primary N) is 1. The maximum atomic E-state index is 12.9. The average molecular weight is 478 g/mol. The molecule has 10 heteroatoms. The molecule has 1 fully saturated rings. The van der Waals surface area contributed by atoms with E-state index in [1.807, 2.05) is 26.0 Å². The van der Waals surface area contributed by atoms with Crippen LogP contribution in [0.25, 0.3) is 0 Å². The van der Waals surface area contributed by atoms with Gasteiger partial charge in [-0.3, -0.25) is 14.5 Å². The second-order valence-corrected chi connectivity index (χ2v) is 9.10. The third-order valence-corrected chi connectivity index (χ3v) is 6.89. The summed E-state index contributed by atoms with van der Waals surface area (Å²) in [6.45, 7) is 6.87. The Balaban J connectivity index is 1.77. The van der Waals surface area contributed by atoms with E-state index in [1.54, 1.807) is 13.0 Å². The highest BCUT2D eigenvalue weighted by Gasteiger charge is 2.53. The predicted molar refractivity (Wildman–Crippen MR) is 125 cm³/mol. The molecule has 1 aromatic rings. The Morgan fingerprint density at radius 3 is 2.55 bits per heavy atom. The van der Waals surface area contributed by atoms with Gasteiger partial charge in [0.25, 0.3) is 0 Å². The third-order valence-electron chi connectivity index (χ3n) is 5.36. The second-order valence-electron chi connectivity index (χ2n) is 7.87. The molecule has 0 bridgehead atoms. The lowest BCUT2D eigenvalue weighted by Gasteiger charge is -2.50. The molecule has 9 nitrogen and oxygen atoms in total. The lowest BCUT2D eigenvalue weighted by molar-refractivity contribution is -0.149. The van der Waals surface area contributed by atoms with E-state index < -0.39 is 22.8 Å². The van der Waals surface area contributed by atoms with E-state index in [0.29, 0.717) is 30.3 Å². The first-order valence-corrected chi connectivity index (χ1v) is 12.0. The van der Waals surface area contributed by atoms with E-state index in [4.69, 9.17) is 19.9 Å². The van der Waals surface area contributed by atoms with Crippen LogP contribution in [0, 0.1) is 0 Å². The van der Waals surface area contributed by atoms with Crippen LogP contribution >= 0.6 is 11.8 Å². The topological polar surface area (TPSA) is 120 Å². The highest BCUT2D eigenvalue weighted by Crippen LogP contribution is 2.42. The fourth-order valence-electron chi connectivity index (χ4n) is 3.63. The number of hydrogen-bond donors (Lipinski definition) is 2. The number of benzene rings is 1. The molecule has 2 unspecified atom stereocenters. The Labute approximate surface area is 198 Å². The largest absolute Gasteiger partial charge is 0.493 e. The number of esters is 1. The van der Waals surface area contributed by atoms with Crippen LogP contribution in [0.15, 0.2) is 29.5 Å². The van der Waals surface area contributed by atoms with Crippen molar-refractivity contribution in [1.29, 1.82) is 0 Å². The Kier molecular flexibility index (Phi) is 8.25. The summed E-state index contributed by atoms with van der Waals surface area (Å²) in [5, 5.41) is 2.01. The van der Waals surface area contributed by atoms with Gasteiger partial charge in [0.05, 0.1) is 26.7 Å². The number of methoxy groups -OCH3 is 1. The number of β-lactam (4-membered cyclic amide) rings is 1. The van der Waals surface area contributed by atoms with Crippen molar-refractivity contribution in [3.63, 3.8) is 0 Å². The molecule has 33 heavy (non-hydrogen) atoms. The van der Waals surface area contributed by atoms with Crippen LogP contribution in [0.2, 0.25) is 0 Å². The van der Waals surface area contributed by atoms with Gasteiger partial charge in [-0.15, -0.1) is 11.8 Å². The number of nitrogens with zero attached hydrogens (tertiary/aromatic N) is 1. The zero-order chi connectivity index (χ0) is 24.1. The van der Waals surface area contributed by atoms with Gasteiger partial charge in [-0.05, 0) is 31.4 Å². The fourth-order valence-corrected chi connectivity index (χ4v) is 5.04. The molecular formula is C23H31N3O6S. The zero-order valence-corrected chi connectivity index (χ0v) is 20.2. The van der Waals surface area contributed by atoms with Gasteiger partial charge in [-0.25, -0.2) is 4.79 Å². The van der Waals surface area contributed by atoms with Gasteiger partial charge in [-0.1, -0.05) is 19.9 Å². The van der Waals surface area contributed by atoms with Gasteiger partial charge in [0.15, 0.2) is 0 Å². The van der Waals surface area contributed by atoms with Crippen molar-refractivity contribution >= 4 is 29.5 Å². The zero-order valence-electron chi connectivity index (χ0n) is 19.4. The lowest BCUT2D eigenvalue weighted by Crippen LogP contribution is -2.69. The Hall–Kier alpha value is -2.72. The normalized spacial score (nSPS) is 21.8. The first-order valence-electron chi connectivity index (χ1n) is 11.0. The van der Waals surface area contributed by atoms with Crippen LogP contribution in [0.1, 0.15) is 39.2 Å². The Morgan fingerprint density at radius 1 is 1.18 bits per heavy atom. The minimum atomic E-state index is -0.730. The van der Waals surface area contributed by atoms with Gasteiger partial charge in [0, 0.05) is 11.6 Å². The summed E-state index contributed by atoms with van der Waals surface area (Å²) in [5.41, 5.74) is 7.35. The molecule has 0 aromatic heterocycles. The van der Waals surface area contributed by atoms with Crippen LogP contribution in [0.3, 0.4) is 0 Å². The molecule has 2 amide bonds. The summed E-state index contributed by atoms with van der Waals surface area (Å²) >= 11 is 1.33. The van der Waals surface area contributed by atoms with Crippen molar-refractivity contribution in [2.45, 2.75) is 56.8 Å². The van der Waals surface area contributed by atoms with E-state index in [1.165, 1.54) is 23.8 Å². The van der Waals surface area contributed by atoms with Gasteiger partial charge in [0.1, 0.15) is 34.0 Å². The van der Waals surface area contributed by atoms with Crippen LogP contribution in [-0.2, 0) is 25.5 Å². The van der Waals surface area contributed by atoms with Crippen LogP contribution < -0.4 is 20.5 Å². The molecule has 0 aliphatic carbocycles. The summed E-state index contributed by atoms with van der Waals surface area (Å²) in [5.74, 6) is 0.0972. The minimum absolute atomic E-state index is 0.0877. The summed E-state index contributed by atoms with van der Waals surface area (Å²) in [4.78, 5) is 38.8. The second kappa shape index (κ2) is 10.9. The van der Waals surface area contributed by atoms with E-state index in [2.05, 4.69) is 5.32 Å². The number of ether oxygens (including phenoxy) is 3. The number of rotatable bonds is 10. The van der Waals surface area contributed by atoms with Crippen molar-refractivity contribution in [2.24, 2.45) is 5.73 Å². The molecule has 1 aromatic carbocycles. The number of carbonyl (C=O) groups is 3. The first-order chi connectivity index (χ1) is 15.8. The van der Waals surface area contributed by atoms with E-state index in [-0.39, 0.29) is 23.9 Å². The number of thioether (sulfide) groups is 1. The molecule has 2 aliphatic heterocycles. The van der Waals surface area contributed by atoms with Crippen molar-refractivity contribution in [2.75, 3.05) is 20.3 Å². The first kappa shape index (κ1) is 24.9. The monoisotopic (exact) mass is 477 g/mol. The average Bonchev–Trinajstić information content (AvgIpc) is 2.82. The number of amides is 2. The van der Waals surface area contributed by atoms with Crippen LogP contribution in [-0.4, -0.2) is 59.8 Å². The third kappa shape index (κ3) is 5.27. The van der Waals surface area contributed by atoms with Crippen molar-refractivity contribution in [3.8, 4) is 11.5 Å². The van der Waals surface area contributed by atoms with Crippen LogP contribution in [0.5, 0.6) is 11.5 Å². The standard InChI is InChI=1S/C23H31N3O6S/c1-5-9-31-15-8-7-14(16(12-15)32-10-6-2)11-17(27)25-20-13(3)19(23(29)30-4)26-21(28)18(24)22(26)33-20/h7-8,12,18,20,22H,5-6,9-11,24H2,1-4H3,(H,25,27)/t18?,20?,22-/m1/s1. The van der Waals surface area contributed by atoms with E-state index >= 15 is 0 Å². The maximum absolute atomic E-state index is 12.9. The molecule has 0 spiro atoms. The molecule has 0 radical (unpaired) electrons. The molecule has 180 valence electrons. The molecule has 2 heterocycles. The Morgan fingerprint density at radius 2 is 1.88 bits per heavy atom. The van der Waals surface area contributed by atoms with Gasteiger partial charge in [0.2, 0.25) is 11.8 Å².